The van der Waals surface area contributed by atoms with Gasteiger partial charge in [0.15, 0.2) is 5.69 Å². The van der Waals surface area contributed by atoms with Crippen LogP contribution in [-0.4, -0.2) is 57.3 Å². The van der Waals surface area contributed by atoms with E-state index in [0.717, 1.165) is 48.6 Å². The fourth-order valence-electron chi connectivity index (χ4n) is 3.97. The van der Waals surface area contributed by atoms with E-state index in [1.807, 2.05) is 18.3 Å². The second kappa shape index (κ2) is 9.43. The summed E-state index contributed by atoms with van der Waals surface area (Å²) in [5.74, 6) is -0.645. The molecule has 0 bridgehead atoms. The van der Waals surface area contributed by atoms with Crippen LogP contribution in [0.5, 0.6) is 0 Å². The Morgan fingerprint density at radius 3 is 2.63 bits per heavy atom. The molecule has 0 atom stereocenters. The lowest BCUT2D eigenvalue weighted by Gasteiger charge is -2.26. The van der Waals surface area contributed by atoms with Crippen molar-refractivity contribution in [3.63, 3.8) is 0 Å². The van der Waals surface area contributed by atoms with Crippen molar-refractivity contribution in [1.29, 1.82) is 0 Å². The third-order valence-electron chi connectivity index (χ3n) is 5.74. The summed E-state index contributed by atoms with van der Waals surface area (Å²) < 4.78 is 44.3. The highest BCUT2D eigenvalue weighted by molar-refractivity contribution is 6.11. The third kappa shape index (κ3) is 5.15. The number of nitrogens with zero attached hydrogens (tertiary/aromatic N) is 4. The van der Waals surface area contributed by atoms with Crippen LogP contribution in [0, 0.1) is 0 Å². The smallest absolute Gasteiger partial charge is 0.379 e. The van der Waals surface area contributed by atoms with Crippen LogP contribution in [0.1, 0.15) is 21.6 Å². The Kier molecular flexibility index (Phi) is 6.18. The molecule has 1 amide bonds. The average molecular weight is 482 g/mol. The first-order chi connectivity index (χ1) is 16.9. The molecule has 11 heteroatoms. The lowest BCUT2D eigenvalue weighted by Crippen LogP contribution is -2.35. The summed E-state index contributed by atoms with van der Waals surface area (Å²) in [7, 11) is 0. The third-order valence-corrected chi connectivity index (χ3v) is 5.74. The molecule has 3 aromatic heterocycles. The molecule has 0 saturated carbocycles. The molecule has 180 valence electrons. The number of halogens is 3. The molecule has 1 aliphatic heterocycles. The van der Waals surface area contributed by atoms with Gasteiger partial charge in [0.1, 0.15) is 0 Å². The van der Waals surface area contributed by atoms with Gasteiger partial charge in [-0.25, -0.2) is 0 Å². The standard InChI is InChI=1S/C24H21F3N6O2/c25-24(26,27)18-9-19(13-29-12-18)30-23(34)22-20-8-16(1-2-21(20)31-32-22)17-7-15(10-28-11-17)14-33-3-5-35-6-4-33/h1-2,7-13H,3-6,14H2,(H,30,34)(H,31,32). The zero-order chi connectivity index (χ0) is 24.4. The van der Waals surface area contributed by atoms with Crippen molar-refractivity contribution in [2.45, 2.75) is 12.7 Å². The van der Waals surface area contributed by atoms with Gasteiger partial charge in [-0.05, 0) is 35.4 Å². The molecule has 0 aliphatic carbocycles. The quantitative estimate of drug-likeness (QED) is 0.444. The summed E-state index contributed by atoms with van der Waals surface area (Å²) in [6, 6.07) is 8.39. The molecule has 1 aromatic carbocycles. The number of fused-ring (bicyclic) bond motifs is 1. The largest absolute Gasteiger partial charge is 0.417 e. The monoisotopic (exact) mass is 482 g/mol. The molecule has 8 nitrogen and oxygen atoms in total. The number of anilines is 1. The topological polar surface area (TPSA) is 96.0 Å². The zero-order valence-corrected chi connectivity index (χ0v) is 18.5. The number of hydrogen-bond acceptors (Lipinski definition) is 6. The van der Waals surface area contributed by atoms with E-state index in [2.05, 4.69) is 36.4 Å². The Labute approximate surface area is 198 Å². The van der Waals surface area contributed by atoms with Gasteiger partial charge in [0.25, 0.3) is 5.91 Å². The van der Waals surface area contributed by atoms with Crippen LogP contribution in [0.4, 0.5) is 18.9 Å². The number of morpholine rings is 1. The number of amides is 1. The number of H-pyrrole nitrogens is 1. The minimum atomic E-state index is -4.56. The van der Waals surface area contributed by atoms with Crippen LogP contribution in [0.25, 0.3) is 22.0 Å². The Balaban J connectivity index is 1.39. The van der Waals surface area contributed by atoms with Crippen LogP contribution >= 0.6 is 0 Å². The highest BCUT2D eigenvalue weighted by Gasteiger charge is 2.31. The lowest BCUT2D eigenvalue weighted by atomic mass is 10.0. The summed E-state index contributed by atoms with van der Waals surface area (Å²) >= 11 is 0. The van der Waals surface area contributed by atoms with E-state index in [0.29, 0.717) is 30.3 Å². The van der Waals surface area contributed by atoms with Crippen molar-refractivity contribution in [2.24, 2.45) is 0 Å². The van der Waals surface area contributed by atoms with Crippen LogP contribution in [0.2, 0.25) is 0 Å². The first kappa shape index (κ1) is 22.9. The fourth-order valence-corrected chi connectivity index (χ4v) is 3.97. The second-order valence-electron chi connectivity index (χ2n) is 8.22. The summed E-state index contributed by atoms with van der Waals surface area (Å²) in [5.41, 5.74) is 2.45. The number of aromatic nitrogens is 4. The summed E-state index contributed by atoms with van der Waals surface area (Å²) in [4.78, 5) is 23.1. The first-order valence-corrected chi connectivity index (χ1v) is 10.9. The van der Waals surface area contributed by atoms with E-state index in [-0.39, 0.29) is 11.4 Å². The minimum Gasteiger partial charge on any atom is -0.379 e. The maximum Gasteiger partial charge on any atom is 0.417 e. The van der Waals surface area contributed by atoms with Crippen molar-refractivity contribution in [3.05, 3.63) is 71.9 Å². The lowest BCUT2D eigenvalue weighted by molar-refractivity contribution is -0.137. The second-order valence-corrected chi connectivity index (χ2v) is 8.22. The number of carbonyl (C=O) groups is 1. The van der Waals surface area contributed by atoms with Crippen molar-refractivity contribution in [3.8, 4) is 11.1 Å². The molecule has 2 N–H and O–H groups in total. The van der Waals surface area contributed by atoms with Gasteiger partial charge in [-0.2, -0.15) is 18.3 Å². The molecule has 4 aromatic rings. The molecule has 0 spiro atoms. The molecule has 0 unspecified atom stereocenters. The van der Waals surface area contributed by atoms with Crippen LogP contribution in [0.3, 0.4) is 0 Å². The van der Waals surface area contributed by atoms with Gasteiger partial charge in [-0.3, -0.25) is 24.8 Å². The van der Waals surface area contributed by atoms with Gasteiger partial charge in [-0.15, -0.1) is 0 Å². The molecular formula is C24H21F3N6O2. The van der Waals surface area contributed by atoms with Crippen molar-refractivity contribution in [1.82, 2.24) is 25.1 Å². The molecule has 35 heavy (non-hydrogen) atoms. The van der Waals surface area contributed by atoms with Gasteiger partial charge in [0, 0.05) is 49.2 Å². The van der Waals surface area contributed by atoms with Crippen LogP contribution in [0.15, 0.2) is 55.1 Å². The van der Waals surface area contributed by atoms with E-state index in [1.54, 1.807) is 12.3 Å². The highest BCUT2D eigenvalue weighted by Crippen LogP contribution is 2.30. The zero-order valence-electron chi connectivity index (χ0n) is 18.5. The Bertz CT molecular complexity index is 1360. The fraction of sp³-hybridized carbons (Fsp3) is 0.250. The molecule has 1 aliphatic rings. The number of carbonyl (C=O) groups excluding carboxylic acids is 1. The van der Waals surface area contributed by atoms with Crippen molar-refractivity contribution < 1.29 is 22.7 Å². The molecule has 5 rings (SSSR count). The van der Waals surface area contributed by atoms with E-state index < -0.39 is 17.6 Å². The van der Waals surface area contributed by atoms with E-state index in [9.17, 15) is 18.0 Å². The van der Waals surface area contributed by atoms with Crippen LogP contribution < -0.4 is 5.32 Å². The minimum absolute atomic E-state index is 0.0664. The molecule has 4 heterocycles. The molecule has 1 saturated heterocycles. The molecule has 0 radical (unpaired) electrons. The average Bonchev–Trinajstić information content (AvgIpc) is 3.28. The maximum absolute atomic E-state index is 13.0. The number of alkyl halides is 3. The molecule has 1 fully saturated rings. The van der Waals surface area contributed by atoms with E-state index >= 15 is 0 Å². The number of nitrogens with one attached hydrogen (secondary N) is 2. The summed E-state index contributed by atoms with van der Waals surface area (Å²) in [5, 5.41) is 9.86. The number of rotatable bonds is 5. The van der Waals surface area contributed by atoms with Gasteiger partial charge < -0.3 is 10.1 Å². The number of hydrogen-bond donors (Lipinski definition) is 2. The van der Waals surface area contributed by atoms with Crippen molar-refractivity contribution >= 4 is 22.5 Å². The molecular weight excluding hydrogens is 461 g/mol. The van der Waals surface area contributed by atoms with Crippen LogP contribution in [-0.2, 0) is 17.5 Å². The van der Waals surface area contributed by atoms with E-state index in [4.69, 9.17) is 4.74 Å². The van der Waals surface area contributed by atoms with E-state index in [1.165, 1.54) is 0 Å². The van der Waals surface area contributed by atoms with Gasteiger partial charge in [0.2, 0.25) is 0 Å². The maximum atomic E-state index is 13.0. The van der Waals surface area contributed by atoms with Gasteiger partial charge in [0.05, 0.1) is 36.2 Å². The van der Waals surface area contributed by atoms with Gasteiger partial charge in [-0.1, -0.05) is 6.07 Å². The predicted molar refractivity (Wildman–Crippen MR) is 123 cm³/mol. The van der Waals surface area contributed by atoms with Gasteiger partial charge >= 0.3 is 6.18 Å². The summed E-state index contributed by atoms with van der Waals surface area (Å²) in [6.45, 7) is 3.92. The first-order valence-electron chi connectivity index (χ1n) is 10.9. The number of ether oxygens (including phenoxy) is 1. The number of benzene rings is 1. The Morgan fingerprint density at radius 1 is 1.03 bits per heavy atom. The SMILES string of the molecule is O=C(Nc1cncc(C(F)(F)F)c1)c1n[nH]c2ccc(-c3cncc(CN4CCOCC4)c3)cc12. The van der Waals surface area contributed by atoms with Crippen molar-refractivity contribution in [2.75, 3.05) is 31.6 Å². The normalized spacial score (nSPS) is 14.8. The predicted octanol–water partition coefficient (Wildman–Crippen LogP) is 4.12. The Morgan fingerprint density at radius 2 is 1.83 bits per heavy atom. The number of pyridine rings is 2. The number of aromatic amines is 1. The Hall–Kier alpha value is -3.83. The highest BCUT2D eigenvalue weighted by atomic mass is 19.4. The summed E-state index contributed by atoms with van der Waals surface area (Å²) in [6.07, 6.45) is 0.869.